The number of carbonyl (C=O) groups is 2. The Morgan fingerprint density at radius 3 is 2.64 bits per heavy atom. The standard InChI is InChI=1S/C24H34N4O5/c1-24(2,3)33-23(31)25-13-10-16-11-14-28(15-12-16)20(29)9-8-19-26-21-17(22(30)27-19)6-5-7-18(21)32-4/h5-7,16H,8-15H2,1-4H3,(H,25,31)(H,26,27,30). The van der Waals surface area contributed by atoms with Gasteiger partial charge in [-0.05, 0) is 58.1 Å². The van der Waals surface area contributed by atoms with Crippen molar-refractivity contribution in [3.63, 3.8) is 0 Å². The van der Waals surface area contributed by atoms with Gasteiger partial charge in [-0.2, -0.15) is 0 Å². The van der Waals surface area contributed by atoms with Crippen LogP contribution in [0.15, 0.2) is 23.0 Å². The number of benzene rings is 1. The lowest BCUT2D eigenvalue weighted by Gasteiger charge is -2.32. The highest BCUT2D eigenvalue weighted by molar-refractivity contribution is 5.83. The zero-order valence-corrected chi connectivity index (χ0v) is 19.9. The maximum Gasteiger partial charge on any atom is 0.407 e. The molecule has 0 saturated carbocycles. The van der Waals surface area contributed by atoms with E-state index < -0.39 is 11.7 Å². The molecular formula is C24H34N4O5. The van der Waals surface area contributed by atoms with Crippen molar-refractivity contribution in [3.05, 3.63) is 34.4 Å². The highest BCUT2D eigenvalue weighted by atomic mass is 16.6. The molecule has 0 unspecified atom stereocenters. The van der Waals surface area contributed by atoms with Crippen molar-refractivity contribution in [2.75, 3.05) is 26.7 Å². The quantitative estimate of drug-likeness (QED) is 0.659. The second-order valence-electron chi connectivity index (χ2n) is 9.41. The van der Waals surface area contributed by atoms with Crippen molar-refractivity contribution >= 4 is 22.9 Å². The fourth-order valence-electron chi connectivity index (χ4n) is 4.01. The molecule has 1 aliphatic heterocycles. The summed E-state index contributed by atoms with van der Waals surface area (Å²) in [7, 11) is 1.54. The highest BCUT2D eigenvalue weighted by Crippen LogP contribution is 2.22. The molecule has 1 aromatic carbocycles. The molecule has 0 atom stereocenters. The molecular weight excluding hydrogens is 424 g/mol. The minimum atomic E-state index is -0.503. The van der Waals surface area contributed by atoms with Crippen molar-refractivity contribution < 1.29 is 19.1 Å². The third-order valence-electron chi connectivity index (χ3n) is 5.73. The zero-order valence-electron chi connectivity index (χ0n) is 19.9. The Morgan fingerprint density at radius 1 is 1.24 bits per heavy atom. The molecule has 1 saturated heterocycles. The smallest absolute Gasteiger partial charge is 0.407 e. The molecule has 0 aliphatic carbocycles. The number of nitrogens with one attached hydrogen (secondary N) is 2. The van der Waals surface area contributed by atoms with Gasteiger partial charge in [-0.25, -0.2) is 9.78 Å². The van der Waals surface area contributed by atoms with Gasteiger partial charge in [-0.1, -0.05) is 6.07 Å². The van der Waals surface area contributed by atoms with Crippen molar-refractivity contribution in [3.8, 4) is 5.75 Å². The molecule has 0 spiro atoms. The monoisotopic (exact) mass is 458 g/mol. The van der Waals surface area contributed by atoms with Gasteiger partial charge in [0.2, 0.25) is 5.91 Å². The van der Waals surface area contributed by atoms with Crippen LogP contribution in [0.4, 0.5) is 4.79 Å². The average Bonchev–Trinajstić information content (AvgIpc) is 2.76. The lowest BCUT2D eigenvalue weighted by molar-refractivity contribution is -0.132. The lowest BCUT2D eigenvalue weighted by Crippen LogP contribution is -2.39. The largest absolute Gasteiger partial charge is 0.494 e. The Kier molecular flexibility index (Phi) is 7.94. The van der Waals surface area contributed by atoms with Gasteiger partial charge in [0.1, 0.15) is 22.7 Å². The summed E-state index contributed by atoms with van der Waals surface area (Å²) in [6, 6.07) is 5.21. The van der Waals surface area contributed by atoms with Crippen LogP contribution < -0.4 is 15.6 Å². The van der Waals surface area contributed by atoms with Crippen molar-refractivity contribution in [1.82, 2.24) is 20.2 Å². The number of likely N-dealkylation sites (tertiary alicyclic amines) is 1. The van der Waals surface area contributed by atoms with Crippen LogP contribution in [0.3, 0.4) is 0 Å². The summed E-state index contributed by atoms with van der Waals surface area (Å²) in [6.45, 7) is 7.48. The molecule has 9 heteroatoms. The number of nitrogens with zero attached hydrogens (tertiary/aromatic N) is 2. The van der Waals surface area contributed by atoms with E-state index in [1.54, 1.807) is 18.2 Å². The fourth-order valence-corrected chi connectivity index (χ4v) is 4.01. The summed E-state index contributed by atoms with van der Waals surface area (Å²) in [5, 5.41) is 3.26. The number of piperidine rings is 1. The summed E-state index contributed by atoms with van der Waals surface area (Å²) in [5.74, 6) is 1.54. The molecule has 2 amide bonds. The number of aryl methyl sites for hydroxylation is 1. The third kappa shape index (κ3) is 6.94. The summed E-state index contributed by atoms with van der Waals surface area (Å²) in [6.07, 6.45) is 2.93. The second-order valence-corrected chi connectivity index (χ2v) is 9.41. The van der Waals surface area contributed by atoms with E-state index in [0.717, 1.165) is 19.3 Å². The van der Waals surface area contributed by atoms with E-state index in [0.29, 0.717) is 54.4 Å². The Labute approximate surface area is 193 Å². The number of ether oxygens (including phenoxy) is 2. The highest BCUT2D eigenvalue weighted by Gasteiger charge is 2.23. The maximum absolute atomic E-state index is 12.7. The van der Waals surface area contributed by atoms with E-state index in [-0.39, 0.29) is 17.9 Å². The lowest BCUT2D eigenvalue weighted by atomic mass is 9.93. The van der Waals surface area contributed by atoms with Gasteiger partial charge in [0.05, 0.1) is 12.5 Å². The Morgan fingerprint density at radius 2 is 1.97 bits per heavy atom. The van der Waals surface area contributed by atoms with Crippen LogP contribution in [-0.4, -0.2) is 59.2 Å². The number of aromatic nitrogens is 2. The van der Waals surface area contributed by atoms with Gasteiger partial charge in [0.15, 0.2) is 0 Å². The van der Waals surface area contributed by atoms with Gasteiger partial charge < -0.3 is 24.7 Å². The molecule has 3 rings (SSSR count). The van der Waals surface area contributed by atoms with Crippen LogP contribution in [0.5, 0.6) is 5.75 Å². The number of alkyl carbamates (subject to hydrolysis) is 1. The van der Waals surface area contributed by atoms with Gasteiger partial charge in [-0.15, -0.1) is 0 Å². The van der Waals surface area contributed by atoms with Crippen LogP contribution in [0.2, 0.25) is 0 Å². The SMILES string of the molecule is COc1cccc2c(=O)[nH]c(CCC(=O)N3CCC(CCNC(=O)OC(C)(C)C)CC3)nc12. The number of carbonyl (C=O) groups excluding carboxylic acids is 2. The fraction of sp³-hybridized carbons (Fsp3) is 0.583. The number of fused-ring (bicyclic) bond motifs is 1. The molecule has 2 aromatic rings. The van der Waals surface area contributed by atoms with E-state index in [1.807, 2.05) is 25.7 Å². The summed E-state index contributed by atoms with van der Waals surface area (Å²) in [4.78, 5) is 46.0. The van der Waals surface area contributed by atoms with Gasteiger partial charge >= 0.3 is 6.09 Å². The number of methoxy groups -OCH3 is 1. The van der Waals surface area contributed by atoms with Crippen molar-refractivity contribution in [1.29, 1.82) is 0 Å². The molecule has 180 valence electrons. The van der Waals surface area contributed by atoms with Crippen LogP contribution in [0.25, 0.3) is 10.9 Å². The minimum absolute atomic E-state index is 0.0584. The van der Waals surface area contributed by atoms with Crippen LogP contribution >= 0.6 is 0 Å². The average molecular weight is 459 g/mol. The van der Waals surface area contributed by atoms with Crippen molar-refractivity contribution in [2.45, 2.75) is 58.5 Å². The second kappa shape index (κ2) is 10.7. The Balaban J connectivity index is 1.44. The van der Waals surface area contributed by atoms with E-state index in [9.17, 15) is 14.4 Å². The zero-order chi connectivity index (χ0) is 24.0. The molecule has 1 fully saturated rings. The maximum atomic E-state index is 12.7. The Bertz CT molecular complexity index is 1040. The molecule has 2 heterocycles. The molecule has 2 N–H and O–H groups in total. The Hall–Kier alpha value is -3.10. The number of aromatic amines is 1. The van der Waals surface area contributed by atoms with Crippen LogP contribution in [-0.2, 0) is 16.0 Å². The first kappa shape index (κ1) is 24.5. The molecule has 9 nitrogen and oxygen atoms in total. The van der Waals surface area contributed by atoms with E-state index >= 15 is 0 Å². The number of hydrogen-bond donors (Lipinski definition) is 2. The predicted octanol–water partition coefficient (Wildman–Crippen LogP) is 3.02. The summed E-state index contributed by atoms with van der Waals surface area (Å²) < 4.78 is 10.6. The topological polar surface area (TPSA) is 114 Å². The predicted molar refractivity (Wildman–Crippen MR) is 125 cm³/mol. The summed E-state index contributed by atoms with van der Waals surface area (Å²) >= 11 is 0. The first-order chi connectivity index (χ1) is 15.7. The molecule has 33 heavy (non-hydrogen) atoms. The normalized spacial score (nSPS) is 14.8. The number of H-pyrrole nitrogens is 1. The van der Waals surface area contributed by atoms with E-state index in [1.165, 1.54) is 7.11 Å². The van der Waals surface area contributed by atoms with E-state index in [2.05, 4.69) is 15.3 Å². The summed E-state index contributed by atoms with van der Waals surface area (Å²) in [5.41, 5.74) is -0.230. The van der Waals surface area contributed by atoms with Gasteiger partial charge in [-0.3, -0.25) is 9.59 Å². The third-order valence-corrected chi connectivity index (χ3v) is 5.73. The molecule has 0 bridgehead atoms. The van der Waals surface area contributed by atoms with Crippen molar-refractivity contribution in [2.24, 2.45) is 5.92 Å². The molecule has 1 aromatic heterocycles. The van der Waals surface area contributed by atoms with E-state index in [4.69, 9.17) is 9.47 Å². The molecule has 0 radical (unpaired) electrons. The number of hydrogen-bond acceptors (Lipinski definition) is 6. The molecule has 1 aliphatic rings. The van der Waals surface area contributed by atoms with Crippen LogP contribution in [0.1, 0.15) is 52.3 Å². The van der Waals surface area contributed by atoms with Gasteiger partial charge in [0.25, 0.3) is 5.56 Å². The van der Waals surface area contributed by atoms with Crippen LogP contribution in [0, 0.1) is 5.92 Å². The number of amides is 2. The minimum Gasteiger partial charge on any atom is -0.494 e. The number of para-hydroxylation sites is 1. The first-order valence-electron chi connectivity index (χ1n) is 11.5. The van der Waals surface area contributed by atoms with Gasteiger partial charge in [0, 0.05) is 32.5 Å². The first-order valence-corrected chi connectivity index (χ1v) is 11.5. The number of rotatable bonds is 7.